The van der Waals surface area contributed by atoms with Crippen LogP contribution in [0.3, 0.4) is 0 Å². The van der Waals surface area contributed by atoms with E-state index in [0.717, 1.165) is 4.90 Å². The first-order valence-corrected chi connectivity index (χ1v) is 11.2. The summed E-state index contributed by atoms with van der Waals surface area (Å²) in [6.45, 7) is 1.70. The molecule has 1 aromatic rings. The highest BCUT2D eigenvalue weighted by Crippen LogP contribution is 2.26. The lowest BCUT2D eigenvalue weighted by molar-refractivity contribution is -0.136. The van der Waals surface area contributed by atoms with Crippen LogP contribution in [-0.4, -0.2) is 69.3 Å². The molecule has 144 valence electrons. The highest BCUT2D eigenvalue weighted by atomic mass is 32.2. The summed E-state index contributed by atoms with van der Waals surface area (Å²) < 4.78 is 33.6. The van der Waals surface area contributed by atoms with Crippen LogP contribution in [-0.2, 0) is 19.4 Å². The number of thioether (sulfide) groups is 1. The maximum absolute atomic E-state index is 12.4. The summed E-state index contributed by atoms with van der Waals surface area (Å²) in [6, 6.07) is 4.74. The summed E-state index contributed by atoms with van der Waals surface area (Å²) in [7, 11) is -1.64. The smallest absolute Gasteiger partial charge is 0.342 e. The molecular weight excluding hydrogens is 378 g/mol. The Labute approximate surface area is 157 Å². The average Bonchev–Trinajstić information content (AvgIpc) is 2.99. The molecule has 0 aliphatic carbocycles. The van der Waals surface area contributed by atoms with Crippen LogP contribution in [0.2, 0.25) is 0 Å². The zero-order valence-corrected chi connectivity index (χ0v) is 16.7. The summed E-state index contributed by atoms with van der Waals surface area (Å²) in [4.78, 5) is 27.1. The number of carbonyl (C=O) groups excluding carboxylic acids is 2. The van der Waals surface area contributed by atoms with Gasteiger partial charge in [0.15, 0.2) is 16.4 Å². The van der Waals surface area contributed by atoms with Crippen LogP contribution < -0.4 is 4.74 Å². The Morgan fingerprint density at radius 1 is 1.35 bits per heavy atom. The van der Waals surface area contributed by atoms with Crippen LogP contribution in [0.1, 0.15) is 23.7 Å². The number of methoxy groups -OCH3 is 1. The predicted octanol–water partition coefficient (Wildman–Crippen LogP) is 1.61. The number of esters is 1. The van der Waals surface area contributed by atoms with E-state index in [1.165, 1.54) is 23.8 Å². The molecule has 0 bridgehead atoms. The van der Waals surface area contributed by atoms with Gasteiger partial charge in [0.05, 0.1) is 18.6 Å². The molecule has 1 aromatic carbocycles. The SMILES string of the molecule is CCN(C(=O)COC(=O)c1ccc(SC)cc1OC)[C@H]1CCS(=O)(=O)C1. The van der Waals surface area contributed by atoms with E-state index < -0.39 is 28.3 Å². The Bertz CT molecular complexity index is 777. The van der Waals surface area contributed by atoms with Crippen molar-refractivity contribution in [1.82, 2.24) is 4.90 Å². The summed E-state index contributed by atoms with van der Waals surface area (Å²) in [6.07, 6.45) is 2.33. The van der Waals surface area contributed by atoms with E-state index in [0.29, 0.717) is 18.7 Å². The van der Waals surface area contributed by atoms with Crippen molar-refractivity contribution in [2.24, 2.45) is 0 Å². The fourth-order valence-electron chi connectivity index (χ4n) is 2.91. The van der Waals surface area contributed by atoms with Gasteiger partial charge in [0.25, 0.3) is 5.91 Å². The van der Waals surface area contributed by atoms with Crippen molar-refractivity contribution in [3.63, 3.8) is 0 Å². The van der Waals surface area contributed by atoms with Crippen molar-refractivity contribution in [2.45, 2.75) is 24.3 Å². The van der Waals surface area contributed by atoms with Crippen LogP contribution in [0.25, 0.3) is 0 Å². The summed E-state index contributed by atoms with van der Waals surface area (Å²) in [5.74, 6) is -0.630. The molecule has 0 saturated carbocycles. The first-order valence-electron chi connectivity index (χ1n) is 8.20. The molecule has 26 heavy (non-hydrogen) atoms. The van der Waals surface area contributed by atoms with Gasteiger partial charge in [-0.15, -0.1) is 11.8 Å². The number of carbonyl (C=O) groups is 2. The second-order valence-corrected chi connectivity index (χ2v) is 8.99. The molecule has 1 heterocycles. The van der Waals surface area contributed by atoms with Gasteiger partial charge >= 0.3 is 5.97 Å². The minimum absolute atomic E-state index is 0.0372. The van der Waals surface area contributed by atoms with Gasteiger partial charge in [-0.2, -0.15) is 0 Å². The normalized spacial score (nSPS) is 18.3. The van der Waals surface area contributed by atoms with E-state index in [1.54, 1.807) is 25.1 Å². The maximum Gasteiger partial charge on any atom is 0.342 e. The van der Waals surface area contributed by atoms with Crippen LogP contribution in [0.5, 0.6) is 5.75 Å². The molecule has 1 atom stereocenters. The van der Waals surface area contributed by atoms with Gasteiger partial charge in [-0.05, 0) is 37.8 Å². The molecule has 7 nitrogen and oxygen atoms in total. The zero-order chi connectivity index (χ0) is 19.3. The molecule has 0 radical (unpaired) electrons. The van der Waals surface area contributed by atoms with Gasteiger partial charge in [0, 0.05) is 17.5 Å². The number of hydrogen-bond acceptors (Lipinski definition) is 7. The molecule has 9 heteroatoms. The first-order chi connectivity index (χ1) is 12.3. The van der Waals surface area contributed by atoms with E-state index >= 15 is 0 Å². The van der Waals surface area contributed by atoms with Crippen molar-refractivity contribution < 1.29 is 27.5 Å². The number of likely N-dealkylation sites (N-methyl/N-ethyl adjacent to an activating group) is 1. The fourth-order valence-corrected chi connectivity index (χ4v) is 5.07. The van der Waals surface area contributed by atoms with E-state index in [9.17, 15) is 18.0 Å². The van der Waals surface area contributed by atoms with Crippen LogP contribution in [0, 0.1) is 0 Å². The monoisotopic (exact) mass is 401 g/mol. The molecular formula is C17H23NO6S2. The molecule has 1 fully saturated rings. The van der Waals surface area contributed by atoms with E-state index in [4.69, 9.17) is 9.47 Å². The number of nitrogens with zero attached hydrogens (tertiary/aromatic N) is 1. The summed E-state index contributed by atoms with van der Waals surface area (Å²) in [5.41, 5.74) is 0.240. The first kappa shape index (κ1) is 20.6. The molecule has 0 unspecified atom stereocenters. The van der Waals surface area contributed by atoms with Gasteiger partial charge in [0.2, 0.25) is 0 Å². The van der Waals surface area contributed by atoms with Crippen molar-refractivity contribution in [2.75, 3.05) is 38.0 Å². The van der Waals surface area contributed by atoms with Gasteiger partial charge in [-0.25, -0.2) is 13.2 Å². The van der Waals surface area contributed by atoms with Crippen molar-refractivity contribution in [1.29, 1.82) is 0 Å². The molecule has 0 spiro atoms. The van der Waals surface area contributed by atoms with Crippen LogP contribution in [0.15, 0.2) is 23.1 Å². The van der Waals surface area contributed by atoms with Crippen molar-refractivity contribution in [3.8, 4) is 5.75 Å². The molecule has 2 rings (SSSR count). The lowest BCUT2D eigenvalue weighted by Gasteiger charge is -2.26. The number of amides is 1. The lowest BCUT2D eigenvalue weighted by atomic mass is 10.2. The van der Waals surface area contributed by atoms with E-state index in [2.05, 4.69) is 0 Å². The van der Waals surface area contributed by atoms with Gasteiger partial charge in [0.1, 0.15) is 11.3 Å². The quantitative estimate of drug-likeness (QED) is 0.506. The maximum atomic E-state index is 12.4. The Morgan fingerprint density at radius 2 is 2.08 bits per heavy atom. The molecule has 1 aliphatic rings. The van der Waals surface area contributed by atoms with Crippen molar-refractivity contribution >= 4 is 33.5 Å². The predicted molar refractivity (Wildman–Crippen MR) is 99.5 cm³/mol. The molecule has 1 saturated heterocycles. The third kappa shape index (κ3) is 4.91. The minimum Gasteiger partial charge on any atom is -0.496 e. The van der Waals surface area contributed by atoms with Crippen LogP contribution >= 0.6 is 11.8 Å². The number of hydrogen-bond donors (Lipinski definition) is 0. The van der Waals surface area contributed by atoms with Gasteiger partial charge in [-0.3, -0.25) is 4.79 Å². The Hall–Kier alpha value is -1.74. The second kappa shape index (κ2) is 8.77. The molecule has 0 N–H and O–H groups in total. The number of sulfone groups is 1. The number of ether oxygens (including phenoxy) is 2. The van der Waals surface area contributed by atoms with E-state index in [1.807, 2.05) is 6.26 Å². The molecule has 1 amide bonds. The Morgan fingerprint density at radius 3 is 2.62 bits per heavy atom. The third-order valence-electron chi connectivity index (χ3n) is 4.27. The molecule has 0 aromatic heterocycles. The number of benzene rings is 1. The van der Waals surface area contributed by atoms with Gasteiger partial charge < -0.3 is 14.4 Å². The van der Waals surface area contributed by atoms with Crippen LogP contribution in [0.4, 0.5) is 0 Å². The highest BCUT2D eigenvalue weighted by Gasteiger charge is 2.34. The Balaban J connectivity index is 2.01. The summed E-state index contributed by atoms with van der Waals surface area (Å²) in [5, 5.41) is 0. The average molecular weight is 402 g/mol. The third-order valence-corrected chi connectivity index (χ3v) is 6.74. The highest BCUT2D eigenvalue weighted by molar-refractivity contribution is 7.98. The fraction of sp³-hybridized carbons (Fsp3) is 0.529. The van der Waals surface area contributed by atoms with Crippen molar-refractivity contribution in [3.05, 3.63) is 23.8 Å². The zero-order valence-electron chi connectivity index (χ0n) is 15.1. The second-order valence-electron chi connectivity index (χ2n) is 5.88. The van der Waals surface area contributed by atoms with Gasteiger partial charge in [-0.1, -0.05) is 0 Å². The molecule has 1 aliphatic heterocycles. The Kier molecular flexibility index (Phi) is 6.94. The number of rotatable bonds is 7. The minimum atomic E-state index is -3.09. The van der Waals surface area contributed by atoms with E-state index in [-0.39, 0.29) is 23.1 Å². The largest absolute Gasteiger partial charge is 0.496 e. The standard InChI is InChI=1S/C17H23NO6S2/c1-4-18(12-7-8-26(21,22)11-12)16(19)10-24-17(20)14-6-5-13(25-3)9-15(14)23-2/h5-6,9,12H,4,7-8,10-11H2,1-3H3/t12-/m0/s1. The topological polar surface area (TPSA) is 90.0 Å². The lowest BCUT2D eigenvalue weighted by Crippen LogP contribution is -2.43. The summed E-state index contributed by atoms with van der Waals surface area (Å²) >= 11 is 1.52.